The molecule has 1 aromatic carbocycles. The third-order valence-corrected chi connectivity index (χ3v) is 4.81. The van der Waals surface area contributed by atoms with Gasteiger partial charge < -0.3 is 5.32 Å². The van der Waals surface area contributed by atoms with Crippen molar-refractivity contribution in [1.29, 1.82) is 0 Å². The fraction of sp³-hybridized carbons (Fsp3) is 0.308. The van der Waals surface area contributed by atoms with Crippen molar-refractivity contribution in [2.45, 2.75) is 26.3 Å². The molecule has 1 N–H and O–H groups in total. The molecule has 0 bridgehead atoms. The number of hydrogen-bond donors (Lipinski definition) is 1. The predicted molar refractivity (Wildman–Crippen MR) is 89.3 cm³/mol. The summed E-state index contributed by atoms with van der Waals surface area (Å²) in [6.45, 7) is 4.04. The van der Waals surface area contributed by atoms with Crippen LogP contribution in [0.3, 0.4) is 0 Å². The molecule has 0 amide bonds. The second-order valence-electron chi connectivity index (χ2n) is 4.30. The van der Waals surface area contributed by atoms with Crippen LogP contribution in [0.25, 0.3) is 0 Å². The number of anilines is 1. The summed E-state index contributed by atoms with van der Waals surface area (Å²) >= 11 is 3.70. The molecule has 0 spiro atoms. The zero-order chi connectivity index (χ0) is 14.7. The third-order valence-electron chi connectivity index (χ3n) is 2.82. The van der Waals surface area contributed by atoms with E-state index >= 15 is 0 Å². The molecule has 0 radical (unpaired) electrons. The van der Waals surface area contributed by atoms with Crippen LogP contribution in [0.4, 0.5) is 11.4 Å². The first-order valence-electron chi connectivity index (χ1n) is 6.16. The minimum Gasteiger partial charge on any atom is -0.371 e. The Kier molecular flexibility index (Phi) is 4.92. The van der Waals surface area contributed by atoms with Crippen LogP contribution in [0.2, 0.25) is 0 Å². The average Bonchev–Trinajstić information content (AvgIpc) is 2.89. The first-order valence-corrected chi connectivity index (χ1v) is 8.06. The van der Waals surface area contributed by atoms with Gasteiger partial charge in [0.15, 0.2) is 0 Å². The zero-order valence-electron chi connectivity index (χ0n) is 11.1. The molecule has 1 aromatic heterocycles. The summed E-state index contributed by atoms with van der Waals surface area (Å²) in [4.78, 5) is 16.3. The van der Waals surface area contributed by atoms with Gasteiger partial charge in [-0.25, -0.2) is 4.98 Å². The number of benzene rings is 1. The van der Waals surface area contributed by atoms with Gasteiger partial charge in [0.25, 0.3) is 5.69 Å². The Bertz CT molecular complexity index is 630. The SMILES string of the molecule is CCc1cnc(C(C)Nc2ccc(I)cc2[N+](=O)[O-])s1. The second-order valence-corrected chi connectivity index (χ2v) is 6.70. The normalized spacial score (nSPS) is 12.2. The summed E-state index contributed by atoms with van der Waals surface area (Å²) in [5.41, 5.74) is 0.618. The first kappa shape index (κ1) is 15.2. The van der Waals surface area contributed by atoms with Crippen molar-refractivity contribution in [3.05, 3.63) is 48.0 Å². The maximum atomic E-state index is 11.1. The van der Waals surface area contributed by atoms with Crippen LogP contribution >= 0.6 is 33.9 Å². The van der Waals surface area contributed by atoms with Crippen LogP contribution in [-0.2, 0) is 6.42 Å². The first-order chi connectivity index (χ1) is 9.51. The molecule has 1 heterocycles. The van der Waals surface area contributed by atoms with Crippen LogP contribution in [0, 0.1) is 13.7 Å². The minimum absolute atomic E-state index is 0.0564. The van der Waals surface area contributed by atoms with Gasteiger partial charge in [-0.1, -0.05) is 6.92 Å². The molecule has 1 unspecified atom stereocenters. The van der Waals surface area contributed by atoms with Crippen LogP contribution in [0.1, 0.15) is 29.8 Å². The quantitative estimate of drug-likeness (QED) is 0.457. The lowest BCUT2D eigenvalue weighted by atomic mass is 10.2. The lowest BCUT2D eigenvalue weighted by Crippen LogP contribution is -2.08. The molecule has 5 nitrogen and oxygen atoms in total. The van der Waals surface area contributed by atoms with Gasteiger partial charge in [0, 0.05) is 20.7 Å². The number of rotatable bonds is 5. The highest BCUT2D eigenvalue weighted by Gasteiger charge is 2.18. The summed E-state index contributed by atoms with van der Waals surface area (Å²) in [6, 6.07) is 5.10. The van der Waals surface area contributed by atoms with Gasteiger partial charge in [-0.15, -0.1) is 11.3 Å². The van der Waals surface area contributed by atoms with Gasteiger partial charge >= 0.3 is 0 Å². The summed E-state index contributed by atoms with van der Waals surface area (Å²) in [6.07, 6.45) is 2.81. The van der Waals surface area contributed by atoms with Crippen molar-refractivity contribution < 1.29 is 4.92 Å². The van der Waals surface area contributed by atoms with E-state index in [2.05, 4.69) is 39.8 Å². The molecule has 2 aromatic rings. The largest absolute Gasteiger partial charge is 0.371 e. The molecule has 2 rings (SSSR count). The van der Waals surface area contributed by atoms with Crippen molar-refractivity contribution >= 4 is 45.3 Å². The van der Waals surface area contributed by atoms with Gasteiger partial charge in [0.05, 0.1) is 11.0 Å². The smallest absolute Gasteiger partial charge is 0.293 e. The Morgan fingerprint density at radius 1 is 1.55 bits per heavy atom. The Labute approximate surface area is 134 Å². The molecule has 0 aliphatic carbocycles. The van der Waals surface area contributed by atoms with E-state index in [1.807, 2.05) is 19.2 Å². The van der Waals surface area contributed by atoms with E-state index in [0.717, 1.165) is 15.0 Å². The summed E-state index contributed by atoms with van der Waals surface area (Å²) in [5.74, 6) is 0. The fourth-order valence-corrected chi connectivity index (χ4v) is 3.09. The lowest BCUT2D eigenvalue weighted by Gasteiger charge is -2.13. The molecule has 0 saturated heterocycles. The van der Waals surface area contributed by atoms with Crippen LogP contribution < -0.4 is 5.32 Å². The van der Waals surface area contributed by atoms with Crippen molar-refractivity contribution in [2.75, 3.05) is 5.32 Å². The molecule has 7 heteroatoms. The molecular weight excluding hydrogens is 389 g/mol. The topological polar surface area (TPSA) is 68.1 Å². The zero-order valence-corrected chi connectivity index (χ0v) is 14.1. The van der Waals surface area contributed by atoms with Crippen molar-refractivity contribution in [3.8, 4) is 0 Å². The molecule has 1 atom stereocenters. The Morgan fingerprint density at radius 3 is 2.90 bits per heavy atom. The van der Waals surface area contributed by atoms with Crippen molar-refractivity contribution in [3.63, 3.8) is 0 Å². The molecular formula is C13H14IN3O2S. The van der Waals surface area contributed by atoms with E-state index in [-0.39, 0.29) is 16.7 Å². The fourth-order valence-electron chi connectivity index (χ4n) is 1.76. The Hall–Kier alpha value is -1.22. The standard InChI is InChI=1S/C13H14IN3O2S/c1-3-10-7-15-13(20-10)8(2)16-11-5-4-9(14)6-12(11)17(18)19/h4-8,16H,3H2,1-2H3. The van der Waals surface area contributed by atoms with E-state index in [1.54, 1.807) is 23.5 Å². The van der Waals surface area contributed by atoms with Crippen LogP contribution in [0.5, 0.6) is 0 Å². The van der Waals surface area contributed by atoms with Gasteiger partial charge in [-0.3, -0.25) is 10.1 Å². The van der Waals surface area contributed by atoms with Gasteiger partial charge in [-0.05, 0) is 48.1 Å². The highest BCUT2D eigenvalue weighted by molar-refractivity contribution is 14.1. The Morgan fingerprint density at radius 2 is 2.30 bits per heavy atom. The molecule has 20 heavy (non-hydrogen) atoms. The molecule has 0 fully saturated rings. The number of nitro groups is 1. The predicted octanol–water partition coefficient (Wildman–Crippen LogP) is 4.39. The minimum atomic E-state index is -0.365. The number of nitrogens with zero attached hydrogens (tertiary/aromatic N) is 2. The lowest BCUT2D eigenvalue weighted by molar-refractivity contribution is -0.384. The highest BCUT2D eigenvalue weighted by Crippen LogP contribution is 2.30. The molecule has 0 saturated carbocycles. The third kappa shape index (κ3) is 3.45. The van der Waals surface area contributed by atoms with Crippen molar-refractivity contribution in [2.24, 2.45) is 0 Å². The monoisotopic (exact) mass is 403 g/mol. The number of aryl methyl sites for hydroxylation is 1. The number of nitrogens with one attached hydrogen (secondary N) is 1. The number of aromatic nitrogens is 1. The maximum Gasteiger partial charge on any atom is 0.293 e. The molecule has 0 aliphatic rings. The van der Waals surface area contributed by atoms with E-state index in [4.69, 9.17) is 0 Å². The van der Waals surface area contributed by atoms with Crippen LogP contribution in [-0.4, -0.2) is 9.91 Å². The second kappa shape index (κ2) is 6.49. The van der Waals surface area contributed by atoms with Gasteiger partial charge in [-0.2, -0.15) is 0 Å². The van der Waals surface area contributed by atoms with Crippen molar-refractivity contribution in [1.82, 2.24) is 4.98 Å². The van der Waals surface area contributed by atoms with Crippen LogP contribution in [0.15, 0.2) is 24.4 Å². The summed E-state index contributed by atoms with van der Waals surface area (Å²) in [7, 11) is 0. The number of nitro benzene ring substituents is 1. The maximum absolute atomic E-state index is 11.1. The van der Waals surface area contributed by atoms with Gasteiger partial charge in [0.1, 0.15) is 10.7 Å². The average molecular weight is 403 g/mol. The Balaban J connectivity index is 2.23. The molecule has 106 valence electrons. The number of thiazole rings is 1. The number of halogens is 1. The summed E-state index contributed by atoms with van der Waals surface area (Å²) < 4.78 is 0.843. The highest BCUT2D eigenvalue weighted by atomic mass is 127. The van der Waals surface area contributed by atoms with E-state index in [1.165, 1.54) is 4.88 Å². The number of hydrogen-bond acceptors (Lipinski definition) is 5. The van der Waals surface area contributed by atoms with E-state index in [9.17, 15) is 10.1 Å². The summed E-state index contributed by atoms with van der Waals surface area (Å²) in [5, 5.41) is 15.2. The van der Waals surface area contributed by atoms with E-state index in [0.29, 0.717) is 5.69 Å². The van der Waals surface area contributed by atoms with Gasteiger partial charge in [0.2, 0.25) is 0 Å². The van der Waals surface area contributed by atoms with E-state index < -0.39 is 0 Å². The molecule has 0 aliphatic heterocycles.